The van der Waals surface area contributed by atoms with Gasteiger partial charge in [-0.1, -0.05) is 18.6 Å². The highest BCUT2D eigenvalue weighted by atomic mass is 31.2. The summed E-state index contributed by atoms with van der Waals surface area (Å²) in [5, 5.41) is 22.1. The fourth-order valence-corrected chi connectivity index (χ4v) is 4.22. The van der Waals surface area contributed by atoms with Gasteiger partial charge in [-0.3, -0.25) is 4.57 Å². The number of hydrogen-bond acceptors (Lipinski definition) is 5. The van der Waals surface area contributed by atoms with Crippen LogP contribution in [-0.4, -0.2) is 52.6 Å². The number of benzene rings is 1. The van der Waals surface area contributed by atoms with E-state index in [4.69, 9.17) is 10.8 Å². The average Bonchev–Trinajstić information content (AvgIpc) is 2.56. The van der Waals surface area contributed by atoms with Crippen molar-refractivity contribution in [1.82, 2.24) is 5.32 Å². The van der Waals surface area contributed by atoms with Crippen LogP contribution in [0, 0.1) is 0 Å². The Morgan fingerprint density at radius 3 is 2.68 bits per heavy atom. The van der Waals surface area contributed by atoms with E-state index in [1.807, 2.05) is 6.92 Å². The summed E-state index contributed by atoms with van der Waals surface area (Å²) in [5.41, 5.74) is 6.37. The molecule has 0 amide bonds. The standard InChI is InChI=1S/C17H29N2O5P/c1-13(14-6-5-7-15(10-14)17(21)22)19-11-16(20)12-25(23,24)9-4-2-3-8-18/h5-7,10,13,16,19-20H,2-4,8-9,11-12,18H2,1H3,(H,21,22)(H,23,24)/t13-,16+/m1/s1. The minimum atomic E-state index is -3.35. The van der Waals surface area contributed by atoms with Crippen LogP contribution < -0.4 is 11.1 Å². The lowest BCUT2D eigenvalue weighted by molar-refractivity contribution is 0.0696. The van der Waals surface area contributed by atoms with Crippen LogP contribution in [0.15, 0.2) is 24.3 Å². The van der Waals surface area contributed by atoms with Crippen molar-refractivity contribution < 1.29 is 24.5 Å². The first-order valence-corrected chi connectivity index (χ1v) is 10.5. The van der Waals surface area contributed by atoms with Crippen molar-refractivity contribution >= 4 is 13.3 Å². The molecule has 8 heteroatoms. The van der Waals surface area contributed by atoms with Gasteiger partial charge in [0.1, 0.15) is 0 Å². The highest BCUT2D eigenvalue weighted by Gasteiger charge is 2.22. The van der Waals surface area contributed by atoms with Crippen LogP contribution in [0.25, 0.3) is 0 Å². The molecule has 1 unspecified atom stereocenters. The fraction of sp³-hybridized carbons (Fsp3) is 0.588. The second-order valence-electron chi connectivity index (χ2n) is 6.32. The molecular weight excluding hydrogens is 343 g/mol. The Morgan fingerprint density at radius 2 is 2.04 bits per heavy atom. The number of carbonyl (C=O) groups is 1. The molecule has 0 saturated carbocycles. The largest absolute Gasteiger partial charge is 0.478 e. The van der Waals surface area contributed by atoms with Gasteiger partial charge in [0.2, 0.25) is 7.37 Å². The Bertz CT molecular complexity index is 596. The van der Waals surface area contributed by atoms with Gasteiger partial charge >= 0.3 is 5.97 Å². The van der Waals surface area contributed by atoms with E-state index < -0.39 is 19.4 Å². The number of unbranched alkanes of at least 4 members (excludes halogenated alkanes) is 2. The third-order valence-corrected chi connectivity index (χ3v) is 6.01. The van der Waals surface area contributed by atoms with Gasteiger partial charge < -0.3 is 26.2 Å². The maximum atomic E-state index is 12.1. The maximum Gasteiger partial charge on any atom is 0.335 e. The van der Waals surface area contributed by atoms with E-state index in [9.17, 15) is 19.4 Å². The lowest BCUT2D eigenvalue weighted by atomic mass is 10.1. The Morgan fingerprint density at radius 1 is 1.32 bits per heavy atom. The van der Waals surface area contributed by atoms with Gasteiger partial charge in [0.15, 0.2) is 0 Å². The van der Waals surface area contributed by atoms with Crippen molar-refractivity contribution in [2.24, 2.45) is 5.73 Å². The van der Waals surface area contributed by atoms with Crippen LogP contribution in [0.4, 0.5) is 0 Å². The third-order valence-electron chi connectivity index (χ3n) is 4.00. The topological polar surface area (TPSA) is 133 Å². The molecule has 6 N–H and O–H groups in total. The smallest absolute Gasteiger partial charge is 0.335 e. The number of rotatable bonds is 12. The predicted octanol–water partition coefficient (Wildman–Crippen LogP) is 1.80. The third kappa shape index (κ3) is 8.61. The van der Waals surface area contributed by atoms with Crippen LogP contribution in [0.5, 0.6) is 0 Å². The highest BCUT2D eigenvalue weighted by Crippen LogP contribution is 2.42. The monoisotopic (exact) mass is 372 g/mol. The van der Waals surface area contributed by atoms with Gasteiger partial charge in [-0.25, -0.2) is 4.79 Å². The molecule has 0 aliphatic carbocycles. The number of aliphatic hydroxyl groups excluding tert-OH is 1. The molecule has 0 bridgehead atoms. The first-order chi connectivity index (χ1) is 11.7. The number of aromatic carboxylic acids is 1. The van der Waals surface area contributed by atoms with Crippen LogP contribution in [0.3, 0.4) is 0 Å². The number of carboxylic acids is 1. The first-order valence-electron chi connectivity index (χ1n) is 8.51. The lowest BCUT2D eigenvalue weighted by Gasteiger charge is -2.20. The molecular formula is C17H29N2O5P. The van der Waals surface area contributed by atoms with E-state index >= 15 is 0 Å². The minimum Gasteiger partial charge on any atom is -0.478 e. The number of hydrogen-bond donors (Lipinski definition) is 5. The van der Waals surface area contributed by atoms with E-state index in [1.54, 1.807) is 18.2 Å². The summed E-state index contributed by atoms with van der Waals surface area (Å²) in [7, 11) is -3.35. The first kappa shape index (κ1) is 21.8. The van der Waals surface area contributed by atoms with Gasteiger partial charge in [0.05, 0.1) is 17.8 Å². The fourth-order valence-electron chi connectivity index (χ4n) is 2.54. The van der Waals surface area contributed by atoms with Crippen molar-refractivity contribution in [2.75, 3.05) is 25.4 Å². The highest BCUT2D eigenvalue weighted by molar-refractivity contribution is 7.58. The second-order valence-corrected chi connectivity index (χ2v) is 8.82. The Balaban J connectivity index is 2.44. The molecule has 1 aromatic carbocycles. The van der Waals surface area contributed by atoms with Gasteiger partial charge in [0, 0.05) is 18.7 Å². The molecule has 7 nitrogen and oxygen atoms in total. The normalized spacial score (nSPS) is 16.2. The number of aliphatic hydroxyl groups is 1. The Hall–Kier alpha value is -1.24. The summed E-state index contributed by atoms with van der Waals surface area (Å²) < 4.78 is 12.1. The van der Waals surface area contributed by atoms with Crippen LogP contribution in [0.1, 0.15) is 48.1 Å². The quantitative estimate of drug-likeness (QED) is 0.279. The van der Waals surface area contributed by atoms with Crippen molar-refractivity contribution in [1.29, 1.82) is 0 Å². The second kappa shape index (κ2) is 10.7. The van der Waals surface area contributed by atoms with Gasteiger partial charge in [-0.15, -0.1) is 0 Å². The zero-order valence-electron chi connectivity index (χ0n) is 14.6. The van der Waals surface area contributed by atoms with Gasteiger partial charge in [0.25, 0.3) is 0 Å². The van der Waals surface area contributed by atoms with Gasteiger partial charge in [-0.05, 0) is 44.0 Å². The average molecular weight is 372 g/mol. The summed E-state index contributed by atoms with van der Waals surface area (Å²) in [5.74, 6) is -0.995. The minimum absolute atomic E-state index is 0.148. The summed E-state index contributed by atoms with van der Waals surface area (Å²) in [6.45, 7) is 2.58. The van der Waals surface area contributed by atoms with Gasteiger partial charge in [-0.2, -0.15) is 0 Å². The number of nitrogens with one attached hydrogen (secondary N) is 1. The molecule has 1 aromatic rings. The molecule has 0 spiro atoms. The molecule has 0 heterocycles. The maximum absolute atomic E-state index is 12.1. The van der Waals surface area contributed by atoms with E-state index in [0.29, 0.717) is 13.0 Å². The summed E-state index contributed by atoms with van der Waals surface area (Å²) >= 11 is 0. The lowest BCUT2D eigenvalue weighted by Crippen LogP contribution is -2.31. The molecule has 142 valence electrons. The van der Waals surface area contributed by atoms with Crippen molar-refractivity contribution in [3.63, 3.8) is 0 Å². The van der Waals surface area contributed by atoms with E-state index in [-0.39, 0.29) is 30.5 Å². The van der Waals surface area contributed by atoms with E-state index in [2.05, 4.69) is 5.32 Å². The zero-order valence-corrected chi connectivity index (χ0v) is 15.5. The summed E-state index contributed by atoms with van der Waals surface area (Å²) in [6, 6.07) is 6.36. The molecule has 0 fully saturated rings. The zero-order chi connectivity index (χ0) is 18.9. The SMILES string of the molecule is C[C@@H](NC[C@H](O)CP(=O)(O)CCCCCN)c1cccc(C(=O)O)c1. The number of nitrogens with two attached hydrogens (primary N) is 1. The molecule has 0 aliphatic heterocycles. The van der Waals surface area contributed by atoms with Crippen LogP contribution in [0.2, 0.25) is 0 Å². The predicted molar refractivity (Wildman–Crippen MR) is 98.3 cm³/mol. The summed E-state index contributed by atoms with van der Waals surface area (Å²) in [6.07, 6.45) is 1.38. The van der Waals surface area contributed by atoms with Crippen LogP contribution >= 0.6 is 7.37 Å². The molecule has 0 aliphatic rings. The molecule has 3 atom stereocenters. The van der Waals surface area contributed by atoms with E-state index in [0.717, 1.165) is 18.4 Å². The molecule has 0 saturated heterocycles. The van der Waals surface area contributed by atoms with Crippen molar-refractivity contribution in [2.45, 2.75) is 38.3 Å². The van der Waals surface area contributed by atoms with Crippen LogP contribution in [-0.2, 0) is 4.57 Å². The molecule has 25 heavy (non-hydrogen) atoms. The van der Waals surface area contributed by atoms with E-state index in [1.165, 1.54) is 6.07 Å². The molecule has 0 radical (unpaired) electrons. The van der Waals surface area contributed by atoms with Crippen molar-refractivity contribution in [3.8, 4) is 0 Å². The Kier molecular flexibility index (Phi) is 9.32. The number of carboxylic acid groups (broad SMARTS) is 1. The molecule has 1 rings (SSSR count). The van der Waals surface area contributed by atoms with Crippen molar-refractivity contribution in [3.05, 3.63) is 35.4 Å². The summed E-state index contributed by atoms with van der Waals surface area (Å²) in [4.78, 5) is 20.9. The molecule has 0 aromatic heterocycles. The Labute approximate surface area is 148 Å².